The van der Waals surface area contributed by atoms with Crippen molar-refractivity contribution in [2.24, 2.45) is 0 Å². The third-order valence-corrected chi connectivity index (χ3v) is 2.99. The zero-order chi connectivity index (χ0) is 9.10. The lowest BCUT2D eigenvalue weighted by Crippen LogP contribution is -3.00. The van der Waals surface area contributed by atoms with Gasteiger partial charge in [0, 0.05) is 18.6 Å². The highest BCUT2D eigenvalue weighted by atomic mass is 79.9. The van der Waals surface area contributed by atoms with Gasteiger partial charge in [-0.05, 0) is 0 Å². The lowest BCUT2D eigenvalue weighted by molar-refractivity contribution is -0.625. The van der Waals surface area contributed by atoms with Crippen molar-refractivity contribution < 1.29 is 20.9 Å². The molecule has 1 aromatic heterocycles. The Bertz CT molecular complexity index is 383. The maximum absolute atomic E-state index is 2.29. The number of hydrogen-bond donors (Lipinski definition) is 0. The molecule has 0 unspecified atom stereocenters. The van der Waals surface area contributed by atoms with E-state index in [0.717, 1.165) is 6.54 Å². The van der Waals surface area contributed by atoms with E-state index in [9.17, 15) is 0 Å². The Morgan fingerprint density at radius 2 is 1.86 bits per heavy atom. The minimum Gasteiger partial charge on any atom is -1.00 e. The molecule has 2 rings (SSSR count). The van der Waals surface area contributed by atoms with Gasteiger partial charge in [0.1, 0.15) is 11.5 Å². The monoisotopic (exact) mass is 269 g/mol. The molecule has 2 aromatic rings. The molecule has 0 amide bonds. The first-order valence-electron chi connectivity index (χ1n) is 4.34. The van der Waals surface area contributed by atoms with E-state index in [0.29, 0.717) is 0 Å². The summed E-state index contributed by atoms with van der Waals surface area (Å²) in [5.74, 6) is 0. The van der Waals surface area contributed by atoms with E-state index in [1.54, 1.807) is 11.5 Å². The van der Waals surface area contributed by atoms with Crippen molar-refractivity contribution in [3.63, 3.8) is 0 Å². The molecule has 0 atom stereocenters. The maximum atomic E-state index is 2.29. The highest BCUT2D eigenvalue weighted by Gasteiger charge is 2.07. The Kier molecular flexibility index (Phi) is 4.29. The van der Waals surface area contributed by atoms with E-state index < -0.39 is 0 Å². The molecule has 14 heavy (non-hydrogen) atoms. The minimum atomic E-state index is 0. The summed E-state index contributed by atoms with van der Waals surface area (Å²) in [6.45, 7) is 3.13. The van der Waals surface area contributed by atoms with Crippen LogP contribution in [0.2, 0.25) is 0 Å². The number of hydrogen-bond acceptors (Lipinski definition) is 1. The molecule has 0 radical (unpaired) electrons. The lowest BCUT2D eigenvalue weighted by Gasteiger charge is -1.93. The Balaban J connectivity index is 0.000000980. The SMILES string of the molecule is Cc1ccs[n+]1Cc1ccccc1.[Br-]. The van der Waals surface area contributed by atoms with E-state index in [4.69, 9.17) is 0 Å². The normalized spacial score (nSPS) is 9.50. The standard InChI is InChI=1S/C11H12NS.BrH/c1-10-7-8-13-12(10)9-11-5-3-2-4-6-11;/h2-8H,9H2,1H3;1H/q+1;/p-1. The van der Waals surface area contributed by atoms with Crippen molar-refractivity contribution >= 4 is 11.5 Å². The van der Waals surface area contributed by atoms with Crippen LogP contribution >= 0.6 is 11.5 Å². The Hall–Kier alpha value is -0.670. The average molecular weight is 270 g/mol. The second-order valence-electron chi connectivity index (χ2n) is 3.07. The van der Waals surface area contributed by atoms with Crippen LogP contribution in [0.3, 0.4) is 0 Å². The molecule has 0 fully saturated rings. The van der Waals surface area contributed by atoms with Gasteiger partial charge in [0.25, 0.3) is 0 Å². The van der Waals surface area contributed by atoms with Crippen molar-refractivity contribution in [3.8, 4) is 0 Å². The quantitative estimate of drug-likeness (QED) is 0.641. The zero-order valence-electron chi connectivity index (χ0n) is 7.98. The Morgan fingerprint density at radius 1 is 1.14 bits per heavy atom. The van der Waals surface area contributed by atoms with Crippen LogP contribution in [0.1, 0.15) is 11.3 Å². The molecule has 1 aromatic carbocycles. The average Bonchev–Trinajstić information content (AvgIpc) is 2.54. The summed E-state index contributed by atoms with van der Waals surface area (Å²) in [5.41, 5.74) is 2.69. The molecule has 0 saturated carbocycles. The first kappa shape index (κ1) is 11.4. The van der Waals surface area contributed by atoms with Gasteiger partial charge < -0.3 is 17.0 Å². The van der Waals surface area contributed by atoms with Gasteiger partial charge in [0.05, 0.1) is 5.38 Å². The van der Waals surface area contributed by atoms with E-state index in [-0.39, 0.29) is 17.0 Å². The molecular formula is C11H12BrNS. The predicted octanol–water partition coefficient (Wildman–Crippen LogP) is -0.604. The van der Waals surface area contributed by atoms with E-state index in [1.165, 1.54) is 11.3 Å². The van der Waals surface area contributed by atoms with Crippen LogP contribution in [0, 0.1) is 6.92 Å². The summed E-state index contributed by atoms with van der Waals surface area (Å²) < 4.78 is 2.29. The Labute approximate surface area is 98.9 Å². The van der Waals surface area contributed by atoms with Crippen LogP contribution in [-0.4, -0.2) is 0 Å². The van der Waals surface area contributed by atoms with E-state index in [2.05, 4.69) is 52.7 Å². The van der Waals surface area contributed by atoms with Gasteiger partial charge in [-0.2, -0.15) is 0 Å². The molecular weight excluding hydrogens is 258 g/mol. The van der Waals surface area contributed by atoms with Gasteiger partial charge in [-0.25, -0.2) is 0 Å². The summed E-state index contributed by atoms with van der Waals surface area (Å²) in [5, 5.41) is 2.12. The maximum Gasteiger partial charge on any atom is 0.193 e. The largest absolute Gasteiger partial charge is 1.00 e. The lowest BCUT2D eigenvalue weighted by atomic mass is 10.2. The molecule has 0 aliphatic rings. The molecule has 3 heteroatoms. The molecule has 0 saturated heterocycles. The molecule has 0 aliphatic heterocycles. The van der Waals surface area contributed by atoms with Crippen LogP contribution in [0.5, 0.6) is 0 Å². The van der Waals surface area contributed by atoms with Crippen molar-refractivity contribution in [1.29, 1.82) is 0 Å². The van der Waals surface area contributed by atoms with Crippen molar-refractivity contribution in [1.82, 2.24) is 0 Å². The number of halogens is 1. The fraction of sp³-hybridized carbons (Fsp3) is 0.182. The van der Waals surface area contributed by atoms with Gasteiger partial charge in [0.2, 0.25) is 0 Å². The van der Waals surface area contributed by atoms with Crippen molar-refractivity contribution in [2.75, 3.05) is 0 Å². The molecule has 74 valence electrons. The summed E-state index contributed by atoms with van der Waals surface area (Å²) in [6.07, 6.45) is 0. The summed E-state index contributed by atoms with van der Waals surface area (Å²) >= 11 is 1.76. The number of nitrogens with zero attached hydrogens (tertiary/aromatic N) is 1. The molecule has 1 nitrogen and oxygen atoms in total. The topological polar surface area (TPSA) is 3.88 Å². The van der Waals surface area contributed by atoms with Crippen LogP contribution in [0.15, 0.2) is 41.8 Å². The van der Waals surface area contributed by atoms with Gasteiger partial charge in [-0.3, -0.25) is 0 Å². The molecule has 0 N–H and O–H groups in total. The first-order chi connectivity index (χ1) is 6.36. The van der Waals surface area contributed by atoms with Gasteiger partial charge in [0.15, 0.2) is 12.2 Å². The summed E-state index contributed by atoms with van der Waals surface area (Å²) in [7, 11) is 0. The highest BCUT2D eigenvalue weighted by molar-refractivity contribution is 6.99. The van der Waals surface area contributed by atoms with Crippen LogP contribution in [0.25, 0.3) is 0 Å². The van der Waals surface area contributed by atoms with E-state index >= 15 is 0 Å². The highest BCUT2D eigenvalue weighted by Crippen LogP contribution is 2.01. The van der Waals surface area contributed by atoms with Crippen LogP contribution < -0.4 is 20.9 Å². The van der Waals surface area contributed by atoms with Gasteiger partial charge >= 0.3 is 0 Å². The number of aryl methyl sites for hydroxylation is 1. The first-order valence-corrected chi connectivity index (χ1v) is 5.18. The number of aromatic nitrogens is 1. The predicted molar refractivity (Wildman–Crippen MR) is 54.8 cm³/mol. The second kappa shape index (κ2) is 5.27. The third-order valence-electron chi connectivity index (χ3n) is 2.06. The molecule has 0 aliphatic carbocycles. The molecule has 0 bridgehead atoms. The number of benzene rings is 1. The van der Waals surface area contributed by atoms with Gasteiger partial charge in [-0.1, -0.05) is 30.3 Å². The smallest absolute Gasteiger partial charge is 0.193 e. The minimum absolute atomic E-state index is 0. The zero-order valence-corrected chi connectivity index (χ0v) is 10.4. The van der Waals surface area contributed by atoms with Gasteiger partial charge in [-0.15, -0.1) is 3.96 Å². The van der Waals surface area contributed by atoms with Crippen LogP contribution in [-0.2, 0) is 6.54 Å². The van der Waals surface area contributed by atoms with Crippen molar-refractivity contribution in [3.05, 3.63) is 53.0 Å². The molecule has 0 spiro atoms. The number of rotatable bonds is 2. The van der Waals surface area contributed by atoms with Crippen molar-refractivity contribution in [2.45, 2.75) is 13.5 Å². The fourth-order valence-corrected chi connectivity index (χ4v) is 2.14. The summed E-state index contributed by atoms with van der Waals surface area (Å²) in [6, 6.07) is 12.7. The fourth-order valence-electron chi connectivity index (χ4n) is 1.28. The molecule has 1 heterocycles. The third kappa shape index (κ3) is 2.66. The van der Waals surface area contributed by atoms with Crippen LogP contribution in [0.4, 0.5) is 0 Å². The Morgan fingerprint density at radius 3 is 2.43 bits per heavy atom. The van der Waals surface area contributed by atoms with E-state index in [1.807, 2.05) is 0 Å². The second-order valence-corrected chi connectivity index (χ2v) is 4.00. The summed E-state index contributed by atoms with van der Waals surface area (Å²) in [4.78, 5) is 0.